The Hall–Kier alpha value is -0.790. The van der Waals surface area contributed by atoms with Crippen LogP contribution in [0.1, 0.15) is 30.1 Å². The van der Waals surface area contributed by atoms with Crippen molar-refractivity contribution >= 4 is 11.6 Å². The van der Waals surface area contributed by atoms with Crippen LogP contribution in [0.5, 0.6) is 0 Å². The molecule has 0 amide bonds. The zero-order chi connectivity index (χ0) is 15.6. The van der Waals surface area contributed by atoms with E-state index in [1.54, 1.807) is 11.7 Å². The van der Waals surface area contributed by atoms with E-state index in [2.05, 4.69) is 14.7 Å². The minimum atomic E-state index is -4.27. The van der Waals surface area contributed by atoms with Crippen LogP contribution in [-0.2, 0) is 11.8 Å². The van der Waals surface area contributed by atoms with E-state index < -0.39 is 12.8 Å². The van der Waals surface area contributed by atoms with Gasteiger partial charge in [0.2, 0.25) is 0 Å². The highest BCUT2D eigenvalue weighted by atomic mass is 35.5. The number of halogens is 4. The Labute approximate surface area is 126 Å². The third-order valence-corrected chi connectivity index (χ3v) is 4.13. The summed E-state index contributed by atoms with van der Waals surface area (Å²) in [6.45, 7) is 2.07. The molecule has 1 aliphatic heterocycles. The highest BCUT2D eigenvalue weighted by Crippen LogP contribution is 2.37. The van der Waals surface area contributed by atoms with Gasteiger partial charge in [-0.25, -0.2) is 0 Å². The van der Waals surface area contributed by atoms with Crippen molar-refractivity contribution < 1.29 is 17.9 Å². The normalized spacial score (nSPS) is 20.4. The summed E-state index contributed by atoms with van der Waals surface area (Å²) in [6.07, 6.45) is -2.34. The smallest absolute Gasteiger partial charge is 0.371 e. The number of hydrogen-bond acceptors (Lipinski definition) is 3. The van der Waals surface area contributed by atoms with Crippen LogP contribution in [0.2, 0.25) is 5.15 Å². The molecule has 1 fully saturated rings. The highest BCUT2D eigenvalue weighted by Gasteiger charge is 2.31. The lowest BCUT2D eigenvalue weighted by atomic mass is 10.1. The Morgan fingerprint density at radius 2 is 2.14 bits per heavy atom. The molecule has 120 valence electrons. The summed E-state index contributed by atoms with van der Waals surface area (Å²) in [7, 11) is 1.78. The topological polar surface area (TPSA) is 30.3 Å². The molecular weight excluding hydrogens is 307 g/mol. The molecule has 0 N–H and O–H groups in total. The maximum absolute atomic E-state index is 12.0. The fraction of sp³-hybridized carbons (Fsp3) is 0.769. The molecule has 2 heterocycles. The Morgan fingerprint density at radius 1 is 1.43 bits per heavy atom. The lowest BCUT2D eigenvalue weighted by Crippen LogP contribution is -2.29. The van der Waals surface area contributed by atoms with Crippen molar-refractivity contribution in [3.8, 4) is 0 Å². The fourth-order valence-corrected chi connectivity index (χ4v) is 3.12. The molecule has 0 unspecified atom stereocenters. The quantitative estimate of drug-likeness (QED) is 0.779. The molecule has 2 rings (SSSR count). The largest absolute Gasteiger partial charge is 0.411 e. The standard InChI is InChI=1S/C13H19ClF3N3O/c1-9-11(12(14)19(2)18-9)10-4-3-5-20(10)6-7-21-8-13(15,16)17/h10H,3-8H2,1-2H3/t10-/m0/s1. The summed E-state index contributed by atoms with van der Waals surface area (Å²) in [4.78, 5) is 2.12. The van der Waals surface area contributed by atoms with Crippen molar-refractivity contribution in [1.82, 2.24) is 14.7 Å². The van der Waals surface area contributed by atoms with Gasteiger partial charge >= 0.3 is 6.18 Å². The number of hydrogen-bond donors (Lipinski definition) is 0. The minimum absolute atomic E-state index is 0.0624. The van der Waals surface area contributed by atoms with Crippen LogP contribution < -0.4 is 0 Å². The van der Waals surface area contributed by atoms with Crippen molar-refractivity contribution in [3.63, 3.8) is 0 Å². The summed E-state index contributed by atoms with van der Waals surface area (Å²) >= 11 is 6.27. The zero-order valence-electron chi connectivity index (χ0n) is 12.1. The van der Waals surface area contributed by atoms with E-state index >= 15 is 0 Å². The number of alkyl halides is 3. The molecule has 0 aromatic carbocycles. The van der Waals surface area contributed by atoms with Crippen LogP contribution in [0.4, 0.5) is 13.2 Å². The zero-order valence-corrected chi connectivity index (χ0v) is 12.8. The Morgan fingerprint density at radius 3 is 2.71 bits per heavy atom. The Kier molecular flexibility index (Phi) is 5.16. The second-order valence-corrected chi connectivity index (χ2v) is 5.63. The number of rotatable bonds is 5. The van der Waals surface area contributed by atoms with Gasteiger partial charge < -0.3 is 4.74 Å². The minimum Gasteiger partial charge on any atom is -0.371 e. The predicted molar refractivity (Wildman–Crippen MR) is 73.4 cm³/mol. The second-order valence-electron chi connectivity index (χ2n) is 5.28. The van der Waals surface area contributed by atoms with Gasteiger partial charge in [0.15, 0.2) is 0 Å². The number of likely N-dealkylation sites (tertiary alicyclic amines) is 1. The van der Waals surface area contributed by atoms with Crippen LogP contribution in [0.25, 0.3) is 0 Å². The molecule has 1 atom stereocenters. The molecule has 1 aliphatic rings. The first-order valence-corrected chi connectivity index (χ1v) is 7.25. The number of aryl methyl sites for hydroxylation is 2. The van der Waals surface area contributed by atoms with E-state index in [-0.39, 0.29) is 12.6 Å². The van der Waals surface area contributed by atoms with Crippen LogP contribution in [0.3, 0.4) is 0 Å². The van der Waals surface area contributed by atoms with Crippen molar-refractivity contribution in [1.29, 1.82) is 0 Å². The monoisotopic (exact) mass is 325 g/mol. The van der Waals surface area contributed by atoms with Crippen LogP contribution in [-0.4, -0.2) is 47.2 Å². The first-order valence-electron chi connectivity index (χ1n) is 6.87. The van der Waals surface area contributed by atoms with Gasteiger partial charge in [-0.1, -0.05) is 11.6 Å². The van der Waals surface area contributed by atoms with Gasteiger partial charge in [0.1, 0.15) is 11.8 Å². The van der Waals surface area contributed by atoms with Gasteiger partial charge in [0.05, 0.1) is 12.3 Å². The van der Waals surface area contributed by atoms with E-state index in [0.717, 1.165) is 30.6 Å². The molecule has 0 saturated carbocycles. The maximum Gasteiger partial charge on any atom is 0.411 e. The van der Waals surface area contributed by atoms with Gasteiger partial charge in [-0.3, -0.25) is 9.58 Å². The molecular formula is C13H19ClF3N3O. The maximum atomic E-state index is 12.0. The highest BCUT2D eigenvalue weighted by molar-refractivity contribution is 6.30. The van der Waals surface area contributed by atoms with E-state index in [4.69, 9.17) is 11.6 Å². The average molecular weight is 326 g/mol. The van der Waals surface area contributed by atoms with E-state index in [9.17, 15) is 13.2 Å². The van der Waals surface area contributed by atoms with Crippen LogP contribution in [0.15, 0.2) is 0 Å². The third kappa shape index (κ3) is 4.11. The fourth-order valence-electron chi connectivity index (χ4n) is 2.82. The van der Waals surface area contributed by atoms with E-state index in [1.165, 1.54) is 0 Å². The van der Waals surface area contributed by atoms with Crippen molar-refractivity contribution in [2.24, 2.45) is 7.05 Å². The molecule has 0 radical (unpaired) electrons. The van der Waals surface area contributed by atoms with Gasteiger partial charge in [0.25, 0.3) is 0 Å². The summed E-state index contributed by atoms with van der Waals surface area (Å²) in [5, 5.41) is 4.89. The van der Waals surface area contributed by atoms with Crippen molar-refractivity contribution in [2.45, 2.75) is 32.0 Å². The Bertz CT molecular complexity index is 490. The van der Waals surface area contributed by atoms with Gasteiger partial charge in [-0.2, -0.15) is 18.3 Å². The van der Waals surface area contributed by atoms with Gasteiger partial charge in [0, 0.05) is 25.2 Å². The SMILES string of the molecule is Cc1nn(C)c(Cl)c1[C@@H]1CCCN1CCOCC(F)(F)F. The van der Waals surface area contributed by atoms with Gasteiger partial charge in [-0.05, 0) is 26.3 Å². The molecule has 1 aromatic rings. The summed E-state index contributed by atoms with van der Waals surface area (Å²) < 4.78 is 42.4. The molecule has 21 heavy (non-hydrogen) atoms. The average Bonchev–Trinajstić information content (AvgIpc) is 2.90. The van der Waals surface area contributed by atoms with E-state index in [0.29, 0.717) is 11.7 Å². The number of nitrogens with zero attached hydrogens (tertiary/aromatic N) is 3. The molecule has 0 aliphatic carbocycles. The number of ether oxygens (including phenoxy) is 1. The predicted octanol–water partition coefficient (Wildman–Crippen LogP) is 3.10. The number of aromatic nitrogens is 2. The Balaban J connectivity index is 1.94. The van der Waals surface area contributed by atoms with Crippen LogP contribution >= 0.6 is 11.6 Å². The van der Waals surface area contributed by atoms with E-state index in [1.807, 2.05) is 6.92 Å². The van der Waals surface area contributed by atoms with Crippen LogP contribution in [0, 0.1) is 6.92 Å². The summed E-state index contributed by atoms with van der Waals surface area (Å²) in [6, 6.07) is 0.112. The van der Waals surface area contributed by atoms with Crippen molar-refractivity contribution in [3.05, 3.63) is 16.4 Å². The van der Waals surface area contributed by atoms with Crippen molar-refractivity contribution in [2.75, 3.05) is 26.3 Å². The molecule has 0 spiro atoms. The molecule has 8 heteroatoms. The molecule has 0 bridgehead atoms. The molecule has 1 saturated heterocycles. The first kappa shape index (κ1) is 16.6. The first-order chi connectivity index (χ1) is 9.79. The lowest BCUT2D eigenvalue weighted by Gasteiger charge is -2.24. The van der Waals surface area contributed by atoms with Gasteiger partial charge in [-0.15, -0.1) is 0 Å². The lowest BCUT2D eigenvalue weighted by molar-refractivity contribution is -0.174. The summed E-state index contributed by atoms with van der Waals surface area (Å²) in [5.41, 5.74) is 1.85. The second kappa shape index (κ2) is 6.54. The molecule has 1 aromatic heterocycles. The third-order valence-electron chi connectivity index (χ3n) is 3.68. The molecule has 4 nitrogen and oxygen atoms in total. The summed E-state index contributed by atoms with van der Waals surface area (Å²) in [5.74, 6) is 0.